The Labute approximate surface area is 257 Å². The summed E-state index contributed by atoms with van der Waals surface area (Å²) in [5, 5.41) is 9.40. The first-order chi connectivity index (χ1) is 21.1. The number of aromatic amines is 1. The molecule has 3 amide bonds. The van der Waals surface area contributed by atoms with Gasteiger partial charge in [0.25, 0.3) is 0 Å². The Kier molecular flexibility index (Phi) is 11.4. The predicted octanol–water partition coefficient (Wildman–Crippen LogP) is 3.76. The van der Waals surface area contributed by atoms with Gasteiger partial charge in [-0.05, 0) is 49.3 Å². The van der Waals surface area contributed by atoms with Crippen LogP contribution in [0, 0.1) is 5.92 Å². The molecular formula is C33H42N4O7. The molecule has 236 valence electrons. The van der Waals surface area contributed by atoms with E-state index in [2.05, 4.69) is 20.9 Å². The van der Waals surface area contributed by atoms with Crippen LogP contribution in [0.3, 0.4) is 0 Å². The van der Waals surface area contributed by atoms with Crippen molar-refractivity contribution in [2.75, 3.05) is 7.11 Å². The first-order valence-corrected chi connectivity index (χ1v) is 15.0. The lowest BCUT2D eigenvalue weighted by Crippen LogP contribution is -2.52. The van der Waals surface area contributed by atoms with E-state index >= 15 is 0 Å². The number of carbonyl (C=O) groups excluding carboxylic acids is 4. The summed E-state index contributed by atoms with van der Waals surface area (Å²) in [5.41, 5.74) is 2.62. The molecule has 1 saturated heterocycles. The minimum atomic E-state index is -0.933. The normalized spacial score (nSPS) is 18.3. The summed E-state index contributed by atoms with van der Waals surface area (Å²) >= 11 is 0. The third-order valence-electron chi connectivity index (χ3n) is 7.70. The third-order valence-corrected chi connectivity index (χ3v) is 7.70. The molecule has 2 aromatic carbocycles. The molecule has 1 fully saturated rings. The summed E-state index contributed by atoms with van der Waals surface area (Å²) in [7, 11) is 1.29. The number of esters is 1. The summed E-state index contributed by atoms with van der Waals surface area (Å²) < 4.78 is 16.3. The van der Waals surface area contributed by atoms with Gasteiger partial charge in [-0.2, -0.15) is 0 Å². The average molecular weight is 607 g/mol. The summed E-state index contributed by atoms with van der Waals surface area (Å²) in [6, 6.07) is 14.9. The molecule has 0 saturated carbocycles. The topological polar surface area (TPSA) is 148 Å². The van der Waals surface area contributed by atoms with Crippen molar-refractivity contribution in [3.05, 3.63) is 71.9 Å². The van der Waals surface area contributed by atoms with Crippen molar-refractivity contribution >= 4 is 34.8 Å². The molecule has 1 aliphatic heterocycles. The van der Waals surface area contributed by atoms with E-state index in [-0.39, 0.29) is 24.9 Å². The van der Waals surface area contributed by atoms with Gasteiger partial charge in [0.2, 0.25) is 11.8 Å². The SMILES string of the molecule is COC(=O)[C@@H](CC(C)C)NC(=O)[C@@H]1CC[C@H]([C@@H](C)NC(=O)[C@H](Cc2c[nH]c3ccccc23)NC(=O)OCc2ccccc2)O1. The molecule has 1 aliphatic rings. The Morgan fingerprint density at radius 1 is 0.932 bits per heavy atom. The van der Waals surface area contributed by atoms with E-state index in [1.807, 2.05) is 74.6 Å². The molecule has 4 rings (SSSR count). The van der Waals surface area contributed by atoms with E-state index in [0.29, 0.717) is 19.3 Å². The van der Waals surface area contributed by atoms with E-state index < -0.39 is 48.3 Å². The number of rotatable bonds is 13. The second-order valence-electron chi connectivity index (χ2n) is 11.6. The van der Waals surface area contributed by atoms with Gasteiger partial charge in [0.1, 0.15) is 24.8 Å². The second-order valence-corrected chi connectivity index (χ2v) is 11.6. The van der Waals surface area contributed by atoms with Crippen LogP contribution >= 0.6 is 0 Å². The number of carbonyl (C=O) groups is 4. The maximum atomic E-state index is 13.6. The van der Waals surface area contributed by atoms with E-state index in [4.69, 9.17) is 14.2 Å². The van der Waals surface area contributed by atoms with Gasteiger partial charge in [0, 0.05) is 23.5 Å². The van der Waals surface area contributed by atoms with Crippen LogP contribution in [0.15, 0.2) is 60.8 Å². The average Bonchev–Trinajstić information content (AvgIpc) is 3.67. The molecule has 5 atom stereocenters. The number of para-hydroxylation sites is 1. The molecule has 1 aromatic heterocycles. The Balaban J connectivity index is 1.38. The Bertz CT molecular complexity index is 1420. The number of H-pyrrole nitrogens is 1. The lowest BCUT2D eigenvalue weighted by atomic mass is 10.0. The summed E-state index contributed by atoms with van der Waals surface area (Å²) in [4.78, 5) is 54.7. The van der Waals surface area contributed by atoms with Gasteiger partial charge >= 0.3 is 12.1 Å². The number of methoxy groups -OCH3 is 1. The number of ether oxygens (including phenoxy) is 3. The Morgan fingerprint density at radius 2 is 1.66 bits per heavy atom. The van der Waals surface area contributed by atoms with Gasteiger partial charge in [-0.3, -0.25) is 9.59 Å². The number of aromatic nitrogens is 1. The van der Waals surface area contributed by atoms with Gasteiger partial charge in [-0.1, -0.05) is 62.4 Å². The van der Waals surface area contributed by atoms with Crippen LogP contribution in [-0.4, -0.2) is 66.3 Å². The zero-order chi connectivity index (χ0) is 31.6. The molecule has 0 spiro atoms. The summed E-state index contributed by atoms with van der Waals surface area (Å²) in [6.45, 7) is 5.78. The number of nitrogens with one attached hydrogen (secondary N) is 4. The highest BCUT2D eigenvalue weighted by atomic mass is 16.5. The Morgan fingerprint density at radius 3 is 2.39 bits per heavy atom. The lowest BCUT2D eigenvalue weighted by Gasteiger charge is -2.25. The molecule has 4 N–H and O–H groups in total. The van der Waals surface area contributed by atoms with E-state index in [0.717, 1.165) is 22.0 Å². The molecule has 2 heterocycles. The van der Waals surface area contributed by atoms with Crippen molar-refractivity contribution < 1.29 is 33.4 Å². The van der Waals surface area contributed by atoms with Gasteiger partial charge in [0.15, 0.2) is 0 Å². The van der Waals surface area contributed by atoms with Crippen LogP contribution in [0.5, 0.6) is 0 Å². The maximum absolute atomic E-state index is 13.6. The van der Waals surface area contributed by atoms with Crippen molar-refractivity contribution in [1.82, 2.24) is 20.9 Å². The van der Waals surface area contributed by atoms with Crippen LogP contribution in [-0.2, 0) is 41.6 Å². The fraction of sp³-hybridized carbons (Fsp3) is 0.455. The first-order valence-electron chi connectivity index (χ1n) is 15.0. The largest absolute Gasteiger partial charge is 0.467 e. The standard InChI is InChI=1S/C33H42N4O7/c1-20(2)16-27(32(40)42-4)36-31(39)29-15-14-28(44-29)21(3)35-30(38)26(17-23-18-34-25-13-9-8-12-24(23)25)37-33(41)43-19-22-10-6-5-7-11-22/h5-13,18,20-21,26-29,34H,14-17,19H2,1-4H3,(H,35,38)(H,36,39)(H,37,41)/t21-,26+,27-,28-,29+/m1/s1. The number of alkyl carbamates (subject to hydrolysis) is 1. The fourth-order valence-corrected chi connectivity index (χ4v) is 5.37. The van der Waals surface area contributed by atoms with Crippen molar-refractivity contribution in [3.8, 4) is 0 Å². The highest BCUT2D eigenvalue weighted by Gasteiger charge is 2.37. The van der Waals surface area contributed by atoms with Crippen LogP contribution in [0.25, 0.3) is 10.9 Å². The van der Waals surface area contributed by atoms with Crippen LogP contribution < -0.4 is 16.0 Å². The summed E-state index contributed by atoms with van der Waals surface area (Å²) in [6.07, 6.45) is 1.57. The predicted molar refractivity (Wildman–Crippen MR) is 164 cm³/mol. The number of amides is 3. The van der Waals surface area contributed by atoms with E-state index in [1.54, 1.807) is 6.92 Å². The number of benzene rings is 2. The minimum Gasteiger partial charge on any atom is -0.467 e. The smallest absolute Gasteiger partial charge is 0.408 e. The fourth-order valence-electron chi connectivity index (χ4n) is 5.37. The van der Waals surface area contributed by atoms with Gasteiger partial charge in [-0.15, -0.1) is 0 Å². The van der Waals surface area contributed by atoms with Gasteiger partial charge in [0.05, 0.1) is 19.3 Å². The van der Waals surface area contributed by atoms with Gasteiger partial charge in [-0.25, -0.2) is 9.59 Å². The molecular weight excluding hydrogens is 564 g/mol. The van der Waals surface area contributed by atoms with Crippen molar-refractivity contribution in [1.29, 1.82) is 0 Å². The van der Waals surface area contributed by atoms with Gasteiger partial charge < -0.3 is 35.1 Å². The van der Waals surface area contributed by atoms with Crippen LogP contribution in [0.1, 0.15) is 51.2 Å². The number of hydrogen-bond donors (Lipinski definition) is 4. The highest BCUT2D eigenvalue weighted by molar-refractivity contribution is 5.89. The molecule has 0 radical (unpaired) electrons. The maximum Gasteiger partial charge on any atom is 0.408 e. The van der Waals surface area contributed by atoms with Crippen molar-refractivity contribution in [3.63, 3.8) is 0 Å². The lowest BCUT2D eigenvalue weighted by molar-refractivity contribution is -0.147. The van der Waals surface area contributed by atoms with Crippen LogP contribution in [0.4, 0.5) is 4.79 Å². The van der Waals surface area contributed by atoms with E-state index in [1.165, 1.54) is 7.11 Å². The summed E-state index contributed by atoms with van der Waals surface area (Å²) in [5.74, 6) is -1.12. The molecule has 0 bridgehead atoms. The minimum absolute atomic E-state index is 0.0673. The molecule has 0 unspecified atom stereocenters. The molecule has 44 heavy (non-hydrogen) atoms. The second kappa shape index (κ2) is 15.4. The number of fused-ring (bicyclic) bond motifs is 1. The zero-order valence-electron chi connectivity index (χ0n) is 25.6. The number of hydrogen-bond acceptors (Lipinski definition) is 7. The third kappa shape index (κ3) is 8.82. The first kappa shape index (κ1) is 32.5. The quantitative estimate of drug-likeness (QED) is 0.217. The monoisotopic (exact) mass is 606 g/mol. The van der Waals surface area contributed by atoms with E-state index in [9.17, 15) is 19.2 Å². The Hall–Kier alpha value is -4.38. The molecule has 3 aromatic rings. The molecule has 0 aliphatic carbocycles. The zero-order valence-corrected chi connectivity index (χ0v) is 25.6. The highest BCUT2D eigenvalue weighted by Crippen LogP contribution is 2.24. The van der Waals surface area contributed by atoms with Crippen molar-refractivity contribution in [2.24, 2.45) is 5.92 Å². The molecule has 11 heteroatoms. The van der Waals surface area contributed by atoms with Crippen LogP contribution in [0.2, 0.25) is 0 Å². The molecule has 11 nitrogen and oxygen atoms in total. The van der Waals surface area contributed by atoms with Crippen molar-refractivity contribution in [2.45, 2.75) is 83.4 Å².